The zero-order valence-corrected chi connectivity index (χ0v) is 15.6. The van der Waals surface area contributed by atoms with Crippen LogP contribution in [-0.2, 0) is 9.59 Å². The average molecular weight is 365 g/mol. The number of hydrogen-bond acceptors (Lipinski definition) is 4. The summed E-state index contributed by atoms with van der Waals surface area (Å²) in [6.07, 6.45) is 5.51. The van der Waals surface area contributed by atoms with Crippen LogP contribution < -0.4 is 5.32 Å². The van der Waals surface area contributed by atoms with Crippen LogP contribution in [0.3, 0.4) is 0 Å². The molecule has 6 heteroatoms. The normalized spacial score (nSPS) is 33.6. The molecule has 6 nitrogen and oxygen atoms in total. The van der Waals surface area contributed by atoms with Gasteiger partial charge in [0.2, 0.25) is 11.8 Å². The number of nitrogens with one attached hydrogen (secondary N) is 1. The Bertz CT molecular complexity index is 906. The highest BCUT2D eigenvalue weighted by atomic mass is 16.2. The van der Waals surface area contributed by atoms with Gasteiger partial charge in [-0.3, -0.25) is 14.4 Å². The van der Waals surface area contributed by atoms with Crippen molar-refractivity contribution in [2.24, 2.45) is 5.41 Å². The molecule has 0 aromatic heterocycles. The molecule has 1 N–H and O–H groups in total. The second-order valence-electron chi connectivity index (χ2n) is 8.60. The molecule has 4 aliphatic rings. The summed E-state index contributed by atoms with van der Waals surface area (Å²) in [6, 6.07) is 6.48. The van der Waals surface area contributed by atoms with Crippen LogP contribution >= 0.6 is 0 Å². The van der Waals surface area contributed by atoms with Gasteiger partial charge < -0.3 is 15.1 Å². The molecular formula is C21H23N3O3. The van der Waals surface area contributed by atoms with E-state index in [0.29, 0.717) is 12.1 Å². The number of anilines is 1. The minimum Gasteiger partial charge on any atom is -0.371 e. The first kappa shape index (κ1) is 16.5. The molecule has 1 aromatic rings. The smallest absolute Gasteiger partial charge is 0.250 e. The summed E-state index contributed by atoms with van der Waals surface area (Å²) in [6.45, 7) is 4.62. The third-order valence-electron chi connectivity index (χ3n) is 6.85. The van der Waals surface area contributed by atoms with E-state index in [0.717, 1.165) is 18.5 Å². The van der Waals surface area contributed by atoms with E-state index in [1.165, 1.54) is 0 Å². The van der Waals surface area contributed by atoms with Crippen molar-refractivity contribution in [2.45, 2.75) is 50.7 Å². The highest BCUT2D eigenvalue weighted by molar-refractivity contribution is 6.14. The number of fused-ring (bicyclic) bond motifs is 3. The molecule has 27 heavy (non-hydrogen) atoms. The van der Waals surface area contributed by atoms with E-state index >= 15 is 0 Å². The number of nitrogens with zero attached hydrogens (tertiary/aromatic N) is 2. The van der Waals surface area contributed by atoms with Crippen LogP contribution in [0, 0.1) is 5.41 Å². The molecule has 0 bridgehead atoms. The minimum absolute atomic E-state index is 0.00149. The number of Topliss-reactive ketones (excluding diaryl/α,β-unsaturated/α-hetero) is 1. The van der Waals surface area contributed by atoms with Crippen molar-refractivity contribution in [3.05, 3.63) is 42.1 Å². The molecule has 1 aromatic carbocycles. The lowest BCUT2D eigenvalue weighted by Crippen LogP contribution is -2.64. The molecule has 2 saturated heterocycles. The molecule has 140 valence electrons. The monoisotopic (exact) mass is 365 g/mol. The second-order valence-corrected chi connectivity index (χ2v) is 8.60. The molecule has 1 spiro atoms. The molecule has 2 amide bonds. The van der Waals surface area contributed by atoms with E-state index < -0.39 is 17.0 Å². The number of para-hydroxylation sites is 1. The fourth-order valence-electron chi connectivity index (χ4n) is 5.15. The SMILES string of the molecule is CC1(C)C=CN2C(=O)C3CCCN3C(=O)C2CC12Nc1ccccc1C2=O. The summed E-state index contributed by atoms with van der Waals surface area (Å²) < 4.78 is 0. The van der Waals surface area contributed by atoms with E-state index in [2.05, 4.69) is 5.32 Å². The van der Waals surface area contributed by atoms with Crippen molar-refractivity contribution in [2.75, 3.05) is 11.9 Å². The zero-order chi connectivity index (χ0) is 19.0. The number of amides is 2. The van der Waals surface area contributed by atoms with Crippen LogP contribution in [0.5, 0.6) is 0 Å². The topological polar surface area (TPSA) is 69.7 Å². The Labute approximate surface area is 158 Å². The van der Waals surface area contributed by atoms with Crippen molar-refractivity contribution < 1.29 is 14.4 Å². The van der Waals surface area contributed by atoms with Crippen LogP contribution in [0.15, 0.2) is 36.5 Å². The summed E-state index contributed by atoms with van der Waals surface area (Å²) in [5.74, 6) is -0.0630. The molecule has 3 atom stereocenters. The van der Waals surface area contributed by atoms with Crippen molar-refractivity contribution in [3.63, 3.8) is 0 Å². The Morgan fingerprint density at radius 3 is 2.63 bits per heavy atom. The fourth-order valence-corrected chi connectivity index (χ4v) is 5.15. The molecule has 0 aliphatic carbocycles. The Hall–Kier alpha value is -2.63. The van der Waals surface area contributed by atoms with Gasteiger partial charge >= 0.3 is 0 Å². The van der Waals surface area contributed by atoms with Crippen LogP contribution in [-0.4, -0.2) is 51.6 Å². The molecule has 0 saturated carbocycles. The fraction of sp³-hybridized carbons (Fsp3) is 0.476. The van der Waals surface area contributed by atoms with Gasteiger partial charge in [-0.1, -0.05) is 32.1 Å². The summed E-state index contributed by atoms with van der Waals surface area (Å²) in [5.41, 5.74) is -0.0623. The van der Waals surface area contributed by atoms with Crippen molar-refractivity contribution in [1.29, 1.82) is 0 Å². The number of rotatable bonds is 0. The number of piperazine rings is 1. The highest BCUT2D eigenvalue weighted by Crippen LogP contribution is 2.49. The van der Waals surface area contributed by atoms with E-state index in [1.807, 2.05) is 44.2 Å². The number of hydrogen-bond donors (Lipinski definition) is 1. The van der Waals surface area contributed by atoms with Crippen molar-refractivity contribution in [1.82, 2.24) is 9.80 Å². The molecule has 3 unspecified atom stereocenters. The predicted molar refractivity (Wildman–Crippen MR) is 100 cm³/mol. The van der Waals surface area contributed by atoms with Crippen molar-refractivity contribution >= 4 is 23.3 Å². The minimum atomic E-state index is -0.949. The quantitative estimate of drug-likeness (QED) is 0.765. The Morgan fingerprint density at radius 2 is 1.85 bits per heavy atom. The van der Waals surface area contributed by atoms with Crippen molar-refractivity contribution in [3.8, 4) is 0 Å². The zero-order valence-electron chi connectivity index (χ0n) is 15.6. The maximum absolute atomic E-state index is 13.5. The van der Waals surface area contributed by atoms with Gasteiger partial charge in [0.25, 0.3) is 0 Å². The number of benzene rings is 1. The van der Waals surface area contributed by atoms with Gasteiger partial charge in [-0.2, -0.15) is 0 Å². The summed E-state index contributed by atoms with van der Waals surface area (Å²) >= 11 is 0. The van der Waals surface area contributed by atoms with Gasteiger partial charge in [0.1, 0.15) is 17.6 Å². The van der Waals surface area contributed by atoms with Gasteiger partial charge in [-0.15, -0.1) is 0 Å². The van der Waals surface area contributed by atoms with E-state index in [1.54, 1.807) is 16.0 Å². The first-order chi connectivity index (χ1) is 12.9. The van der Waals surface area contributed by atoms with E-state index in [9.17, 15) is 14.4 Å². The highest BCUT2D eigenvalue weighted by Gasteiger charge is 2.60. The predicted octanol–water partition coefficient (Wildman–Crippen LogP) is 2.18. The van der Waals surface area contributed by atoms with Crippen LogP contribution in [0.25, 0.3) is 0 Å². The molecule has 5 rings (SSSR count). The van der Waals surface area contributed by atoms with Crippen LogP contribution in [0.4, 0.5) is 5.69 Å². The van der Waals surface area contributed by atoms with Crippen LogP contribution in [0.2, 0.25) is 0 Å². The molecular weight excluding hydrogens is 342 g/mol. The molecule has 4 heterocycles. The largest absolute Gasteiger partial charge is 0.371 e. The number of carbonyl (C=O) groups is 3. The first-order valence-corrected chi connectivity index (χ1v) is 9.60. The molecule has 0 radical (unpaired) electrons. The lowest BCUT2D eigenvalue weighted by Gasteiger charge is -2.45. The second kappa shape index (κ2) is 5.21. The van der Waals surface area contributed by atoms with Gasteiger partial charge in [-0.25, -0.2) is 0 Å². The average Bonchev–Trinajstić information content (AvgIpc) is 3.21. The molecule has 4 aliphatic heterocycles. The van der Waals surface area contributed by atoms with E-state index in [4.69, 9.17) is 0 Å². The first-order valence-electron chi connectivity index (χ1n) is 9.60. The Kier molecular flexibility index (Phi) is 3.19. The van der Waals surface area contributed by atoms with Gasteiger partial charge in [0, 0.05) is 35.8 Å². The molecule has 2 fully saturated rings. The Balaban J connectivity index is 1.62. The lowest BCUT2D eigenvalue weighted by atomic mass is 9.67. The van der Waals surface area contributed by atoms with Gasteiger partial charge in [-0.05, 0) is 25.0 Å². The standard InChI is InChI=1S/C21H23N3O3/c1-20(2)9-11-24-16(19(27)23-10-5-8-15(23)18(24)26)12-21(20)17(25)13-6-3-4-7-14(13)22-21/h3-4,6-7,9,11,15-16,22H,5,8,10,12H2,1-2H3. The number of ketones is 1. The Morgan fingerprint density at radius 1 is 1.07 bits per heavy atom. The van der Waals surface area contributed by atoms with Crippen LogP contribution in [0.1, 0.15) is 43.5 Å². The lowest BCUT2D eigenvalue weighted by molar-refractivity contribution is -0.156. The third kappa shape index (κ3) is 1.98. The maximum Gasteiger partial charge on any atom is 0.250 e. The number of carbonyl (C=O) groups excluding carboxylic acids is 3. The van der Waals surface area contributed by atoms with Gasteiger partial charge in [0.05, 0.1) is 0 Å². The maximum atomic E-state index is 13.5. The van der Waals surface area contributed by atoms with E-state index in [-0.39, 0.29) is 30.1 Å². The van der Waals surface area contributed by atoms with Gasteiger partial charge in [0.15, 0.2) is 5.78 Å². The third-order valence-corrected chi connectivity index (χ3v) is 6.85. The summed E-state index contributed by atoms with van der Waals surface area (Å²) in [7, 11) is 0. The summed E-state index contributed by atoms with van der Waals surface area (Å²) in [5, 5.41) is 3.45. The summed E-state index contributed by atoms with van der Waals surface area (Å²) in [4.78, 5) is 43.1.